The lowest BCUT2D eigenvalue weighted by molar-refractivity contribution is 0.404. The molecule has 7 heteroatoms. The van der Waals surface area contributed by atoms with Gasteiger partial charge in [-0.1, -0.05) is 0 Å². The standard InChI is InChI=1S/C21H17N5O2/c1-27-12-5-6-17(28-2)15(10-12)21-25-18-13-7-9-22-11-16(13)24-20-14(19(18)26-21)4-3-8-23-20/h3-11H,1-2H3,(H,23,24)(H,25,26). The van der Waals surface area contributed by atoms with Gasteiger partial charge in [0.15, 0.2) is 0 Å². The van der Waals surface area contributed by atoms with Crippen molar-refractivity contribution in [1.82, 2.24) is 19.9 Å². The summed E-state index contributed by atoms with van der Waals surface area (Å²) < 4.78 is 10.9. The monoisotopic (exact) mass is 371 g/mol. The Hall–Kier alpha value is -3.87. The lowest BCUT2D eigenvalue weighted by atomic mass is 10.1. The van der Waals surface area contributed by atoms with E-state index >= 15 is 0 Å². The number of aromatic nitrogens is 4. The van der Waals surface area contributed by atoms with Gasteiger partial charge in [-0.05, 0) is 36.4 Å². The number of nitrogens with one attached hydrogen (secondary N) is 2. The third-order valence-electron chi connectivity index (χ3n) is 4.77. The SMILES string of the molecule is COc1ccc(OC)c(-c2nc3c([nH]2)-c2ccncc2Nc2ncccc2-3)c1. The molecule has 0 radical (unpaired) electrons. The van der Waals surface area contributed by atoms with Gasteiger partial charge in [0.2, 0.25) is 0 Å². The summed E-state index contributed by atoms with van der Waals surface area (Å²) in [5.74, 6) is 2.88. The first kappa shape index (κ1) is 16.3. The number of H-pyrrole nitrogens is 1. The average Bonchev–Trinajstić information content (AvgIpc) is 3.14. The number of benzene rings is 1. The van der Waals surface area contributed by atoms with Crippen LogP contribution < -0.4 is 14.8 Å². The van der Waals surface area contributed by atoms with Crippen LogP contribution in [0, 0.1) is 0 Å². The highest BCUT2D eigenvalue weighted by atomic mass is 16.5. The molecule has 0 saturated heterocycles. The molecule has 0 bridgehead atoms. The van der Waals surface area contributed by atoms with E-state index in [2.05, 4.69) is 20.3 Å². The molecular weight excluding hydrogens is 354 g/mol. The van der Waals surface area contributed by atoms with Crippen LogP contribution in [0.3, 0.4) is 0 Å². The van der Waals surface area contributed by atoms with Gasteiger partial charge in [-0.2, -0.15) is 0 Å². The van der Waals surface area contributed by atoms with Gasteiger partial charge >= 0.3 is 0 Å². The van der Waals surface area contributed by atoms with E-state index in [1.807, 2.05) is 36.4 Å². The molecule has 4 aromatic rings. The highest BCUT2D eigenvalue weighted by Crippen LogP contribution is 2.43. The molecule has 0 saturated carbocycles. The van der Waals surface area contributed by atoms with Gasteiger partial charge in [0.05, 0.1) is 37.4 Å². The van der Waals surface area contributed by atoms with Gasteiger partial charge < -0.3 is 19.8 Å². The van der Waals surface area contributed by atoms with Crippen LogP contribution in [0.25, 0.3) is 33.9 Å². The van der Waals surface area contributed by atoms with Crippen LogP contribution in [0.15, 0.2) is 55.0 Å². The summed E-state index contributed by atoms with van der Waals surface area (Å²) in [4.78, 5) is 17.1. The number of rotatable bonds is 3. The van der Waals surface area contributed by atoms with E-state index < -0.39 is 0 Å². The minimum Gasteiger partial charge on any atom is -0.497 e. The maximum absolute atomic E-state index is 5.54. The molecule has 0 aliphatic carbocycles. The first-order chi connectivity index (χ1) is 13.8. The Balaban J connectivity index is 1.79. The predicted molar refractivity (Wildman–Crippen MR) is 107 cm³/mol. The van der Waals surface area contributed by atoms with Gasteiger partial charge in [0.25, 0.3) is 0 Å². The molecule has 2 N–H and O–H groups in total. The topological polar surface area (TPSA) is 85.0 Å². The Labute approximate surface area is 161 Å². The summed E-state index contributed by atoms with van der Waals surface area (Å²) in [7, 11) is 3.28. The van der Waals surface area contributed by atoms with E-state index in [1.54, 1.807) is 32.8 Å². The summed E-state index contributed by atoms with van der Waals surface area (Å²) in [6, 6.07) is 11.5. The zero-order valence-corrected chi connectivity index (χ0v) is 15.4. The number of hydrogen-bond acceptors (Lipinski definition) is 6. The molecule has 1 aliphatic rings. The van der Waals surface area contributed by atoms with Gasteiger partial charge in [0.1, 0.15) is 28.8 Å². The highest BCUT2D eigenvalue weighted by Gasteiger charge is 2.25. The zero-order chi connectivity index (χ0) is 19.1. The fourth-order valence-corrected chi connectivity index (χ4v) is 3.43. The third-order valence-corrected chi connectivity index (χ3v) is 4.77. The van der Waals surface area contributed by atoms with E-state index in [-0.39, 0.29) is 0 Å². The fourth-order valence-electron chi connectivity index (χ4n) is 3.43. The number of ether oxygens (including phenoxy) is 2. The maximum Gasteiger partial charge on any atom is 0.142 e. The van der Waals surface area contributed by atoms with Gasteiger partial charge in [-0.15, -0.1) is 0 Å². The number of fused-ring (bicyclic) bond motifs is 5. The first-order valence-electron chi connectivity index (χ1n) is 8.77. The largest absolute Gasteiger partial charge is 0.497 e. The quantitative estimate of drug-likeness (QED) is 0.492. The van der Waals surface area contributed by atoms with Crippen LogP contribution >= 0.6 is 0 Å². The van der Waals surface area contributed by atoms with Crippen LogP contribution in [0.5, 0.6) is 11.5 Å². The fraction of sp³-hybridized carbons (Fsp3) is 0.0952. The average molecular weight is 371 g/mol. The first-order valence-corrected chi connectivity index (χ1v) is 8.77. The van der Waals surface area contributed by atoms with E-state index in [9.17, 15) is 0 Å². The minimum absolute atomic E-state index is 0.695. The van der Waals surface area contributed by atoms with E-state index in [0.717, 1.165) is 45.3 Å². The molecule has 0 fully saturated rings. The lowest BCUT2D eigenvalue weighted by Crippen LogP contribution is -1.96. The van der Waals surface area contributed by atoms with E-state index in [4.69, 9.17) is 14.5 Å². The normalized spacial score (nSPS) is 11.5. The molecule has 5 rings (SSSR count). The van der Waals surface area contributed by atoms with Crippen molar-refractivity contribution >= 4 is 11.5 Å². The van der Waals surface area contributed by atoms with Gasteiger partial charge in [0, 0.05) is 23.5 Å². The van der Waals surface area contributed by atoms with Crippen LogP contribution in [0.2, 0.25) is 0 Å². The highest BCUT2D eigenvalue weighted by molar-refractivity contribution is 5.95. The van der Waals surface area contributed by atoms with Crippen molar-refractivity contribution in [2.75, 3.05) is 19.5 Å². The Kier molecular flexibility index (Phi) is 3.72. The number of aromatic amines is 1. The van der Waals surface area contributed by atoms with E-state index in [0.29, 0.717) is 11.6 Å². The van der Waals surface area contributed by atoms with Crippen LogP contribution in [0.1, 0.15) is 0 Å². The summed E-state index contributed by atoms with van der Waals surface area (Å²) >= 11 is 0. The number of methoxy groups -OCH3 is 2. The smallest absolute Gasteiger partial charge is 0.142 e. The summed E-state index contributed by atoms with van der Waals surface area (Å²) in [5.41, 5.74) is 5.30. The number of hydrogen-bond donors (Lipinski definition) is 2. The molecule has 1 aromatic carbocycles. The lowest BCUT2D eigenvalue weighted by Gasteiger charge is -2.09. The number of anilines is 2. The van der Waals surface area contributed by atoms with Crippen molar-refractivity contribution in [3.63, 3.8) is 0 Å². The third kappa shape index (κ3) is 2.48. The van der Waals surface area contributed by atoms with Crippen molar-refractivity contribution in [2.45, 2.75) is 0 Å². The van der Waals surface area contributed by atoms with Crippen LogP contribution in [-0.2, 0) is 0 Å². The van der Waals surface area contributed by atoms with Crippen molar-refractivity contribution in [2.24, 2.45) is 0 Å². The second kappa shape index (κ2) is 6.38. The molecule has 1 aliphatic heterocycles. The van der Waals surface area contributed by atoms with Crippen molar-refractivity contribution in [1.29, 1.82) is 0 Å². The second-order valence-electron chi connectivity index (χ2n) is 6.32. The summed E-state index contributed by atoms with van der Waals surface area (Å²) in [5, 5.41) is 3.36. The predicted octanol–water partition coefficient (Wildman–Crippen LogP) is 4.27. The zero-order valence-electron chi connectivity index (χ0n) is 15.4. The molecule has 138 valence electrons. The van der Waals surface area contributed by atoms with Gasteiger partial charge in [-0.25, -0.2) is 9.97 Å². The van der Waals surface area contributed by atoms with Crippen molar-refractivity contribution < 1.29 is 9.47 Å². The molecule has 0 atom stereocenters. The van der Waals surface area contributed by atoms with Crippen LogP contribution in [-0.4, -0.2) is 34.2 Å². The van der Waals surface area contributed by atoms with Crippen LogP contribution in [0.4, 0.5) is 11.5 Å². The minimum atomic E-state index is 0.695. The van der Waals surface area contributed by atoms with Crippen molar-refractivity contribution in [3.8, 4) is 45.4 Å². The Morgan fingerprint density at radius 2 is 1.86 bits per heavy atom. The molecule has 28 heavy (non-hydrogen) atoms. The Morgan fingerprint density at radius 1 is 0.929 bits per heavy atom. The Bertz CT molecular complexity index is 1120. The molecule has 4 heterocycles. The molecule has 0 spiro atoms. The number of nitrogens with zero attached hydrogens (tertiary/aromatic N) is 3. The number of imidazole rings is 1. The summed E-state index contributed by atoms with van der Waals surface area (Å²) in [6.45, 7) is 0. The second-order valence-corrected chi connectivity index (χ2v) is 6.32. The van der Waals surface area contributed by atoms with Crippen molar-refractivity contribution in [3.05, 3.63) is 55.0 Å². The molecular formula is C21H17N5O2. The molecule has 0 amide bonds. The maximum atomic E-state index is 5.54. The molecule has 3 aromatic heterocycles. The van der Waals surface area contributed by atoms with E-state index in [1.165, 1.54) is 0 Å². The molecule has 0 unspecified atom stereocenters. The van der Waals surface area contributed by atoms with Gasteiger partial charge in [-0.3, -0.25) is 4.98 Å². The summed E-state index contributed by atoms with van der Waals surface area (Å²) in [6.07, 6.45) is 5.31. The Morgan fingerprint density at radius 3 is 2.71 bits per heavy atom. The molecule has 7 nitrogen and oxygen atoms in total. The number of pyridine rings is 2.